The van der Waals surface area contributed by atoms with Gasteiger partial charge in [-0.15, -0.1) is 0 Å². The zero-order chi connectivity index (χ0) is 29.2. The first kappa shape index (κ1) is 28.8. The quantitative estimate of drug-likeness (QED) is 0.187. The van der Waals surface area contributed by atoms with E-state index < -0.39 is 76.1 Å². The number of hydrogen-bond donors (Lipinski definition) is 0. The van der Waals surface area contributed by atoms with Gasteiger partial charge in [0, 0.05) is 12.1 Å². The van der Waals surface area contributed by atoms with Crippen molar-refractivity contribution in [2.75, 3.05) is 6.86 Å². The summed E-state index contributed by atoms with van der Waals surface area (Å²) in [5.41, 5.74) is -1.93. The number of alkyl halides is 3. The highest BCUT2D eigenvalue weighted by Gasteiger charge is 2.42. The number of halogens is 9. The van der Waals surface area contributed by atoms with Crippen LogP contribution in [0.4, 0.5) is 39.5 Å². The molecule has 0 aromatic heterocycles. The lowest BCUT2D eigenvalue weighted by atomic mass is 9.96. The van der Waals surface area contributed by atoms with E-state index in [2.05, 4.69) is 9.47 Å². The maximum absolute atomic E-state index is 15.0. The van der Waals surface area contributed by atoms with Crippen molar-refractivity contribution in [2.45, 2.75) is 25.9 Å². The molecule has 4 aromatic rings. The van der Waals surface area contributed by atoms with Crippen LogP contribution in [-0.4, -0.2) is 6.86 Å². The van der Waals surface area contributed by atoms with E-state index in [9.17, 15) is 39.5 Å². The van der Waals surface area contributed by atoms with Crippen LogP contribution < -0.4 is 9.47 Å². The number of aryl methyl sites for hydroxylation is 1. The Balaban J connectivity index is 1.66. The van der Waals surface area contributed by atoms with E-state index in [0.29, 0.717) is 5.56 Å². The molecule has 2 nitrogen and oxygen atoms in total. The Kier molecular flexibility index (Phi) is 8.32. The maximum atomic E-state index is 15.0. The van der Waals surface area contributed by atoms with Crippen LogP contribution in [0.3, 0.4) is 0 Å². The van der Waals surface area contributed by atoms with E-state index >= 15 is 0 Å². The summed E-state index contributed by atoms with van der Waals surface area (Å²) in [5.74, 6) is -12.0. The molecule has 0 saturated heterocycles. The molecule has 0 radical (unpaired) electrons. The zero-order valence-electron chi connectivity index (χ0n) is 20.6. The minimum absolute atomic E-state index is 0.140. The van der Waals surface area contributed by atoms with Gasteiger partial charge in [0.15, 0.2) is 17.4 Å². The fourth-order valence-electron chi connectivity index (χ4n) is 4.15. The van der Waals surface area contributed by atoms with Crippen molar-refractivity contribution in [2.24, 2.45) is 0 Å². The average Bonchev–Trinajstić information content (AvgIpc) is 2.85. The van der Waals surface area contributed by atoms with Gasteiger partial charge < -0.3 is 9.47 Å². The van der Waals surface area contributed by atoms with Gasteiger partial charge in [-0.1, -0.05) is 37.6 Å². The second-order valence-corrected chi connectivity index (χ2v) is 8.67. The van der Waals surface area contributed by atoms with Crippen LogP contribution in [0.1, 0.15) is 24.5 Å². The SMILES string of the molecule is CCCc1ccc(-c2cc(F)c(-c3cc(F)c(C(F)(F)Oc4cc(F)c(OCF)c(F)c4)c(F)c3)c(F)c2)cc1. The highest BCUT2D eigenvalue weighted by molar-refractivity contribution is 5.72. The first-order chi connectivity index (χ1) is 18.9. The lowest BCUT2D eigenvalue weighted by Gasteiger charge is -2.20. The minimum Gasteiger partial charge on any atom is -0.457 e. The summed E-state index contributed by atoms with van der Waals surface area (Å²) in [7, 11) is 0. The van der Waals surface area contributed by atoms with Gasteiger partial charge in [0.1, 0.15) is 34.6 Å². The van der Waals surface area contributed by atoms with E-state index in [0.717, 1.165) is 30.5 Å². The van der Waals surface area contributed by atoms with Crippen molar-refractivity contribution < 1.29 is 49.0 Å². The smallest absolute Gasteiger partial charge is 0.432 e. The molecule has 0 amide bonds. The van der Waals surface area contributed by atoms with Crippen LogP contribution in [0, 0.1) is 34.9 Å². The second kappa shape index (κ2) is 11.5. The lowest BCUT2D eigenvalue weighted by molar-refractivity contribution is -0.189. The Morgan fingerprint density at radius 1 is 0.650 bits per heavy atom. The van der Waals surface area contributed by atoms with Gasteiger partial charge in [-0.3, -0.25) is 0 Å². The molecule has 0 bridgehead atoms. The summed E-state index contributed by atoms with van der Waals surface area (Å²) in [6.07, 6.45) is -3.12. The second-order valence-electron chi connectivity index (χ2n) is 8.67. The molecule has 4 aromatic carbocycles. The molecule has 0 N–H and O–H groups in total. The number of ether oxygens (including phenoxy) is 2. The highest BCUT2D eigenvalue weighted by atomic mass is 19.3. The normalized spacial score (nSPS) is 11.6. The molecule has 0 aliphatic heterocycles. The third-order valence-corrected chi connectivity index (χ3v) is 5.91. The van der Waals surface area contributed by atoms with Crippen molar-refractivity contribution >= 4 is 0 Å². The van der Waals surface area contributed by atoms with Crippen LogP contribution in [0.2, 0.25) is 0 Å². The molecule has 0 fully saturated rings. The van der Waals surface area contributed by atoms with Gasteiger partial charge in [-0.05, 0) is 52.9 Å². The Morgan fingerprint density at radius 2 is 1.18 bits per heavy atom. The summed E-state index contributed by atoms with van der Waals surface area (Å²) >= 11 is 0. The standard InChI is InChI=1S/C29H19F9O2/c1-2-3-15-4-6-16(7-5-15)17-8-20(31)26(21(32)9-17)18-10-22(33)27(23(34)11-18)29(37,38)40-19-12-24(35)28(39-14-30)25(36)13-19/h4-13H,2-3,14H2,1H3. The molecule has 210 valence electrons. The van der Waals surface area contributed by atoms with Crippen LogP contribution in [0.25, 0.3) is 22.3 Å². The maximum Gasteiger partial charge on any atom is 0.432 e. The number of hydrogen-bond acceptors (Lipinski definition) is 2. The van der Waals surface area contributed by atoms with Crippen LogP contribution in [0.5, 0.6) is 11.5 Å². The van der Waals surface area contributed by atoms with Gasteiger partial charge in [0.25, 0.3) is 0 Å². The molecule has 0 aliphatic carbocycles. The van der Waals surface area contributed by atoms with Crippen LogP contribution >= 0.6 is 0 Å². The Labute approximate surface area is 222 Å². The van der Waals surface area contributed by atoms with E-state index in [1.807, 2.05) is 6.92 Å². The number of benzene rings is 4. The van der Waals surface area contributed by atoms with Crippen molar-refractivity contribution in [3.8, 4) is 33.8 Å². The molecule has 40 heavy (non-hydrogen) atoms. The average molecular weight is 570 g/mol. The molecular weight excluding hydrogens is 551 g/mol. The molecular formula is C29H19F9O2. The Hall–Kier alpha value is -4.15. The van der Waals surface area contributed by atoms with Crippen molar-refractivity contribution in [1.82, 2.24) is 0 Å². The predicted octanol–water partition coefficient (Wildman–Crippen LogP) is 9.24. The van der Waals surface area contributed by atoms with Crippen molar-refractivity contribution in [3.05, 3.63) is 107 Å². The highest BCUT2D eigenvalue weighted by Crippen LogP contribution is 2.40. The zero-order valence-corrected chi connectivity index (χ0v) is 20.6. The molecule has 0 unspecified atom stereocenters. The predicted molar refractivity (Wildman–Crippen MR) is 129 cm³/mol. The van der Waals surface area contributed by atoms with Gasteiger partial charge in [-0.2, -0.15) is 8.78 Å². The summed E-state index contributed by atoms with van der Waals surface area (Å²) in [6, 6.07) is 9.72. The largest absolute Gasteiger partial charge is 0.457 e. The molecule has 0 heterocycles. The summed E-state index contributed by atoms with van der Waals surface area (Å²) in [4.78, 5) is 0. The Bertz CT molecular complexity index is 1470. The van der Waals surface area contributed by atoms with E-state index in [1.165, 1.54) is 0 Å². The van der Waals surface area contributed by atoms with Gasteiger partial charge in [0.2, 0.25) is 6.86 Å². The molecule has 4 rings (SSSR count). The molecule has 11 heteroatoms. The van der Waals surface area contributed by atoms with Crippen LogP contribution in [-0.2, 0) is 12.5 Å². The molecule has 0 spiro atoms. The third kappa shape index (κ3) is 5.88. The fourth-order valence-corrected chi connectivity index (χ4v) is 4.15. The van der Waals surface area contributed by atoms with Crippen molar-refractivity contribution in [3.63, 3.8) is 0 Å². The topological polar surface area (TPSA) is 18.5 Å². The van der Waals surface area contributed by atoms with Crippen LogP contribution in [0.15, 0.2) is 60.7 Å². The summed E-state index contributed by atoms with van der Waals surface area (Å²) in [6.45, 7) is 0.375. The lowest BCUT2D eigenvalue weighted by Crippen LogP contribution is -2.25. The first-order valence-electron chi connectivity index (χ1n) is 11.8. The third-order valence-electron chi connectivity index (χ3n) is 5.91. The Morgan fingerprint density at radius 3 is 1.68 bits per heavy atom. The summed E-state index contributed by atoms with van der Waals surface area (Å²) < 4.78 is 137. The molecule has 0 atom stereocenters. The van der Waals surface area contributed by atoms with E-state index in [1.54, 1.807) is 24.3 Å². The van der Waals surface area contributed by atoms with Gasteiger partial charge in [0.05, 0.1) is 5.56 Å². The van der Waals surface area contributed by atoms with Gasteiger partial charge >= 0.3 is 6.11 Å². The fraction of sp³-hybridized carbons (Fsp3) is 0.172. The molecule has 0 saturated carbocycles. The van der Waals surface area contributed by atoms with E-state index in [4.69, 9.17) is 0 Å². The number of rotatable bonds is 9. The monoisotopic (exact) mass is 570 g/mol. The van der Waals surface area contributed by atoms with Gasteiger partial charge in [-0.25, -0.2) is 30.7 Å². The first-order valence-corrected chi connectivity index (χ1v) is 11.8. The summed E-state index contributed by atoms with van der Waals surface area (Å²) in [5, 5.41) is 0. The molecule has 0 aliphatic rings. The van der Waals surface area contributed by atoms with Crippen molar-refractivity contribution in [1.29, 1.82) is 0 Å². The van der Waals surface area contributed by atoms with E-state index in [-0.39, 0.29) is 29.8 Å². The minimum atomic E-state index is -4.83.